The van der Waals surface area contributed by atoms with Crippen molar-refractivity contribution in [3.8, 4) is 0 Å². The fourth-order valence-corrected chi connectivity index (χ4v) is 5.05. The molecule has 3 aromatic rings. The van der Waals surface area contributed by atoms with Crippen molar-refractivity contribution in [2.45, 2.75) is 38.8 Å². The highest BCUT2D eigenvalue weighted by atomic mass is 35.5. The molecule has 5 rings (SSSR count). The summed E-state index contributed by atoms with van der Waals surface area (Å²) in [6.45, 7) is 4.48. The monoisotopic (exact) mass is 449 g/mol. The number of rotatable bonds is 5. The molecule has 0 N–H and O–H groups in total. The van der Waals surface area contributed by atoms with Gasteiger partial charge in [-0.3, -0.25) is 0 Å². The molecule has 1 saturated carbocycles. The number of benzene rings is 2. The molecule has 0 amide bonds. The third-order valence-electron chi connectivity index (χ3n) is 5.76. The van der Waals surface area contributed by atoms with E-state index in [1.807, 2.05) is 18.2 Å². The van der Waals surface area contributed by atoms with Crippen molar-refractivity contribution in [2.75, 3.05) is 18.1 Å². The van der Waals surface area contributed by atoms with Crippen LogP contribution in [0.3, 0.4) is 0 Å². The zero-order chi connectivity index (χ0) is 20.1. The first kappa shape index (κ1) is 19.5. The van der Waals surface area contributed by atoms with Crippen molar-refractivity contribution in [1.29, 1.82) is 0 Å². The van der Waals surface area contributed by atoms with Gasteiger partial charge in [-0.25, -0.2) is 4.98 Å². The van der Waals surface area contributed by atoms with Gasteiger partial charge in [-0.2, -0.15) is 0 Å². The van der Waals surface area contributed by atoms with E-state index in [-0.39, 0.29) is 6.10 Å². The van der Waals surface area contributed by atoms with Crippen molar-refractivity contribution >= 4 is 57.5 Å². The summed E-state index contributed by atoms with van der Waals surface area (Å²) in [6, 6.07) is 9.66. The molecule has 0 spiro atoms. The molecule has 152 valence electrons. The van der Waals surface area contributed by atoms with E-state index in [4.69, 9.17) is 44.5 Å². The fraction of sp³-hybridized carbons (Fsp3) is 0.409. The minimum absolute atomic E-state index is 0.0927. The van der Waals surface area contributed by atoms with Gasteiger partial charge in [-0.15, -0.1) is 0 Å². The molecule has 2 aromatic carbocycles. The average molecular weight is 451 g/mol. The minimum Gasteiger partial charge on any atom is -0.373 e. The Bertz CT molecular complexity index is 1080. The zero-order valence-corrected chi connectivity index (χ0v) is 18.4. The number of ether oxygens (including phenoxy) is 1. The number of halogens is 3. The summed E-state index contributed by atoms with van der Waals surface area (Å²) < 4.78 is 8.45. The first-order valence-corrected chi connectivity index (χ1v) is 11.2. The van der Waals surface area contributed by atoms with Gasteiger partial charge < -0.3 is 14.2 Å². The maximum Gasteiger partial charge on any atom is 0.211 e. The van der Waals surface area contributed by atoms with Gasteiger partial charge in [0.05, 0.1) is 27.4 Å². The number of imidazole rings is 1. The Morgan fingerprint density at radius 1 is 1.10 bits per heavy atom. The van der Waals surface area contributed by atoms with Crippen molar-refractivity contribution in [3.05, 3.63) is 51.0 Å². The van der Waals surface area contributed by atoms with Crippen molar-refractivity contribution in [2.24, 2.45) is 5.92 Å². The van der Waals surface area contributed by atoms with Gasteiger partial charge in [-0.1, -0.05) is 40.9 Å². The van der Waals surface area contributed by atoms with Gasteiger partial charge in [0.1, 0.15) is 5.52 Å². The Morgan fingerprint density at radius 2 is 1.93 bits per heavy atom. The Kier molecular flexibility index (Phi) is 5.15. The molecule has 7 heteroatoms. The number of anilines is 2. The predicted molar refractivity (Wildman–Crippen MR) is 120 cm³/mol. The summed E-state index contributed by atoms with van der Waals surface area (Å²) in [7, 11) is 0. The third-order valence-corrected chi connectivity index (χ3v) is 6.61. The quantitative estimate of drug-likeness (QED) is 0.418. The van der Waals surface area contributed by atoms with E-state index in [0.29, 0.717) is 27.6 Å². The highest BCUT2D eigenvalue weighted by Crippen LogP contribution is 2.47. The largest absolute Gasteiger partial charge is 0.373 e. The Morgan fingerprint density at radius 3 is 2.66 bits per heavy atom. The Hall–Kier alpha value is -1.46. The number of hydrogen-bond acceptors (Lipinski definition) is 3. The van der Waals surface area contributed by atoms with Crippen LogP contribution in [0.2, 0.25) is 15.1 Å². The van der Waals surface area contributed by atoms with Crippen molar-refractivity contribution in [1.82, 2.24) is 9.55 Å². The second-order valence-electron chi connectivity index (χ2n) is 7.71. The molecule has 1 unspecified atom stereocenters. The van der Waals surface area contributed by atoms with Crippen molar-refractivity contribution in [3.63, 3.8) is 0 Å². The van der Waals surface area contributed by atoms with Crippen molar-refractivity contribution < 1.29 is 4.74 Å². The maximum absolute atomic E-state index is 6.59. The SMILES string of the molecule is CCOC(c1ccc(Cl)c2nc3n(c12)CCCN3c1ccc(Cl)cc1Cl)C1CC1. The summed E-state index contributed by atoms with van der Waals surface area (Å²) in [6.07, 6.45) is 3.51. The van der Waals surface area contributed by atoms with E-state index >= 15 is 0 Å². The number of aromatic nitrogens is 2. The molecule has 0 radical (unpaired) electrons. The van der Waals surface area contributed by atoms with E-state index in [1.54, 1.807) is 6.07 Å². The smallest absolute Gasteiger partial charge is 0.211 e. The first-order chi connectivity index (χ1) is 14.1. The summed E-state index contributed by atoms with van der Waals surface area (Å²) in [5, 5.41) is 1.91. The molecule has 2 aliphatic rings. The van der Waals surface area contributed by atoms with Crippen LogP contribution in [-0.4, -0.2) is 22.7 Å². The summed E-state index contributed by atoms with van der Waals surface area (Å²) in [5.41, 5.74) is 4.03. The van der Waals surface area contributed by atoms with Gasteiger partial charge in [0.25, 0.3) is 0 Å². The lowest BCUT2D eigenvalue weighted by Crippen LogP contribution is -2.28. The average Bonchev–Trinajstić information content (AvgIpc) is 3.46. The van der Waals surface area contributed by atoms with Crippen LogP contribution in [0.15, 0.2) is 30.3 Å². The van der Waals surface area contributed by atoms with E-state index in [2.05, 4.69) is 22.5 Å². The minimum atomic E-state index is 0.0927. The van der Waals surface area contributed by atoms with Gasteiger partial charge in [0.2, 0.25) is 5.95 Å². The van der Waals surface area contributed by atoms with Crippen LogP contribution in [0.4, 0.5) is 11.6 Å². The number of fused-ring (bicyclic) bond motifs is 3. The number of aryl methyl sites for hydroxylation is 1. The molecular weight excluding hydrogens is 429 g/mol. The van der Waals surface area contributed by atoms with Crippen LogP contribution in [0.5, 0.6) is 0 Å². The molecular formula is C22H22Cl3N3O. The van der Waals surface area contributed by atoms with Crippen LogP contribution < -0.4 is 4.90 Å². The second-order valence-corrected chi connectivity index (χ2v) is 8.96. The molecule has 0 bridgehead atoms. The molecule has 1 aliphatic carbocycles. The van der Waals surface area contributed by atoms with Gasteiger partial charge in [-0.05, 0) is 56.4 Å². The molecule has 1 atom stereocenters. The predicted octanol–water partition coefficient (Wildman–Crippen LogP) is 7.03. The molecule has 1 aromatic heterocycles. The van der Waals surface area contributed by atoms with Crippen LogP contribution in [0.1, 0.15) is 37.9 Å². The third kappa shape index (κ3) is 3.40. The van der Waals surface area contributed by atoms with E-state index in [0.717, 1.165) is 42.2 Å². The number of nitrogens with zero attached hydrogens (tertiary/aromatic N) is 3. The standard InChI is InChI=1S/C22H22Cl3N3O/c1-2-29-21(13-4-5-13)15-7-8-16(24)19-20(15)28-11-3-10-27(22(28)26-19)18-9-6-14(23)12-17(18)25/h6-9,12-13,21H,2-5,10-11H2,1H3. The maximum atomic E-state index is 6.59. The highest BCUT2D eigenvalue weighted by molar-refractivity contribution is 6.36. The second kappa shape index (κ2) is 7.66. The summed E-state index contributed by atoms with van der Waals surface area (Å²) in [5.74, 6) is 1.45. The summed E-state index contributed by atoms with van der Waals surface area (Å²) in [4.78, 5) is 7.13. The normalized spacial score (nSPS) is 17.6. The molecule has 2 heterocycles. The summed E-state index contributed by atoms with van der Waals surface area (Å²) >= 11 is 19.2. The van der Waals surface area contributed by atoms with Crippen LogP contribution in [0, 0.1) is 5.92 Å². The molecule has 1 aliphatic heterocycles. The number of hydrogen-bond donors (Lipinski definition) is 0. The van der Waals surface area contributed by atoms with Crippen LogP contribution >= 0.6 is 34.8 Å². The van der Waals surface area contributed by atoms with E-state index in [9.17, 15) is 0 Å². The lowest BCUT2D eigenvalue weighted by molar-refractivity contribution is 0.0472. The zero-order valence-electron chi connectivity index (χ0n) is 16.2. The van der Waals surface area contributed by atoms with Crippen LogP contribution in [-0.2, 0) is 11.3 Å². The molecule has 4 nitrogen and oxygen atoms in total. The lowest BCUT2D eigenvalue weighted by Gasteiger charge is -2.30. The molecule has 1 fully saturated rings. The Balaban J connectivity index is 1.69. The molecule has 0 saturated heterocycles. The lowest BCUT2D eigenvalue weighted by atomic mass is 10.0. The fourth-order valence-electron chi connectivity index (χ4n) is 4.34. The van der Waals surface area contributed by atoms with Gasteiger partial charge in [0, 0.05) is 30.3 Å². The van der Waals surface area contributed by atoms with E-state index in [1.165, 1.54) is 18.4 Å². The topological polar surface area (TPSA) is 30.3 Å². The van der Waals surface area contributed by atoms with Gasteiger partial charge in [0.15, 0.2) is 0 Å². The Labute approximate surface area is 185 Å². The highest BCUT2D eigenvalue weighted by Gasteiger charge is 2.36. The van der Waals surface area contributed by atoms with E-state index < -0.39 is 0 Å². The van der Waals surface area contributed by atoms with Crippen LogP contribution in [0.25, 0.3) is 11.0 Å². The molecule has 29 heavy (non-hydrogen) atoms. The first-order valence-electron chi connectivity index (χ1n) is 10.1. The van der Waals surface area contributed by atoms with Gasteiger partial charge >= 0.3 is 0 Å².